The summed E-state index contributed by atoms with van der Waals surface area (Å²) in [4.78, 5) is 20.1. The molecule has 0 saturated carbocycles. The Bertz CT molecular complexity index is 944. The predicted octanol–water partition coefficient (Wildman–Crippen LogP) is 5.14. The third-order valence-corrected chi connectivity index (χ3v) is 3.74. The van der Waals surface area contributed by atoms with Crippen molar-refractivity contribution in [3.8, 4) is 0 Å². The first kappa shape index (κ1) is 18.7. The van der Waals surface area contributed by atoms with Crippen molar-refractivity contribution < 1.29 is 18.0 Å². The number of carbonyl (C=O) groups excluding carboxylic acids is 1. The van der Waals surface area contributed by atoms with Gasteiger partial charge in [-0.2, -0.15) is 13.2 Å². The van der Waals surface area contributed by atoms with Crippen LogP contribution in [0, 0.1) is 0 Å². The summed E-state index contributed by atoms with van der Waals surface area (Å²) >= 11 is 5.79. The van der Waals surface area contributed by atoms with Gasteiger partial charge in [-0.15, -0.1) is 0 Å². The summed E-state index contributed by atoms with van der Waals surface area (Å²) in [5.74, 6) is -0.193. The first-order valence-electron chi connectivity index (χ1n) is 7.64. The monoisotopic (exact) mass is 392 g/mol. The number of nitrogens with one attached hydrogen (secondary N) is 2. The molecule has 1 amide bonds. The molecule has 9 heteroatoms. The largest absolute Gasteiger partial charge is 0.416 e. The molecule has 0 aliphatic heterocycles. The van der Waals surface area contributed by atoms with Gasteiger partial charge in [0.15, 0.2) is 0 Å². The Morgan fingerprint density at radius 2 is 1.56 bits per heavy atom. The second kappa shape index (κ2) is 7.63. The lowest BCUT2D eigenvalue weighted by atomic mass is 10.2. The van der Waals surface area contributed by atoms with Gasteiger partial charge >= 0.3 is 6.18 Å². The SMILES string of the molecule is O=C(Nc1ccc(Cl)cc1)c1cc(Nc2ccc(C(F)(F)F)cc2)ncn1. The zero-order valence-corrected chi connectivity index (χ0v) is 14.3. The van der Waals surface area contributed by atoms with Crippen molar-refractivity contribution in [3.05, 3.63) is 77.2 Å². The van der Waals surface area contributed by atoms with Gasteiger partial charge in [0.05, 0.1) is 5.56 Å². The average molecular weight is 393 g/mol. The number of anilines is 3. The minimum Gasteiger partial charge on any atom is -0.340 e. The number of nitrogens with zero attached hydrogens (tertiary/aromatic N) is 2. The molecule has 3 aromatic rings. The molecule has 138 valence electrons. The van der Waals surface area contributed by atoms with Crippen LogP contribution in [0.3, 0.4) is 0 Å². The third kappa shape index (κ3) is 4.95. The highest BCUT2D eigenvalue weighted by Crippen LogP contribution is 2.30. The lowest BCUT2D eigenvalue weighted by Gasteiger charge is -2.10. The van der Waals surface area contributed by atoms with Crippen molar-refractivity contribution in [1.82, 2.24) is 9.97 Å². The Morgan fingerprint density at radius 1 is 0.926 bits per heavy atom. The van der Waals surface area contributed by atoms with Gasteiger partial charge in [-0.3, -0.25) is 4.79 Å². The van der Waals surface area contributed by atoms with Gasteiger partial charge in [0.25, 0.3) is 5.91 Å². The summed E-state index contributed by atoms with van der Waals surface area (Å²) in [6, 6.07) is 12.4. The molecule has 1 aromatic heterocycles. The van der Waals surface area contributed by atoms with Gasteiger partial charge in [0.1, 0.15) is 17.8 Å². The molecule has 5 nitrogen and oxygen atoms in total. The van der Waals surface area contributed by atoms with Crippen LogP contribution in [0.15, 0.2) is 60.9 Å². The quantitative estimate of drug-likeness (QED) is 0.644. The maximum atomic E-state index is 12.6. The standard InChI is InChI=1S/C18H12ClF3N4O/c19-12-3-7-14(8-4-12)26-17(27)15-9-16(24-10-23-15)25-13-5-1-11(2-6-13)18(20,21)22/h1-10H,(H,26,27)(H,23,24,25). The molecule has 0 aliphatic rings. The van der Waals surface area contributed by atoms with E-state index in [-0.39, 0.29) is 11.5 Å². The Balaban J connectivity index is 1.71. The van der Waals surface area contributed by atoms with E-state index in [1.165, 1.54) is 24.5 Å². The molecule has 0 saturated heterocycles. The van der Waals surface area contributed by atoms with Crippen molar-refractivity contribution >= 4 is 34.7 Å². The summed E-state index contributed by atoms with van der Waals surface area (Å²) in [6.45, 7) is 0. The maximum absolute atomic E-state index is 12.6. The van der Waals surface area contributed by atoms with Crippen molar-refractivity contribution in [2.24, 2.45) is 0 Å². The first-order chi connectivity index (χ1) is 12.8. The summed E-state index contributed by atoms with van der Waals surface area (Å²) in [6.07, 6.45) is -3.22. The zero-order chi connectivity index (χ0) is 19.4. The van der Waals surface area contributed by atoms with Crippen LogP contribution in [0.25, 0.3) is 0 Å². The number of alkyl halides is 3. The second-order valence-corrected chi connectivity index (χ2v) is 5.89. The normalized spacial score (nSPS) is 11.1. The number of benzene rings is 2. The van der Waals surface area contributed by atoms with E-state index in [0.29, 0.717) is 16.4 Å². The fourth-order valence-electron chi connectivity index (χ4n) is 2.17. The molecule has 3 rings (SSSR count). The van der Waals surface area contributed by atoms with Crippen LogP contribution in [0.1, 0.15) is 16.1 Å². The Morgan fingerprint density at radius 3 is 2.19 bits per heavy atom. The summed E-state index contributed by atoms with van der Waals surface area (Å²) < 4.78 is 37.8. The van der Waals surface area contributed by atoms with Crippen LogP contribution in [0.5, 0.6) is 0 Å². The second-order valence-electron chi connectivity index (χ2n) is 5.45. The Kier molecular flexibility index (Phi) is 5.27. The van der Waals surface area contributed by atoms with E-state index < -0.39 is 17.6 Å². The minimum absolute atomic E-state index is 0.0920. The van der Waals surface area contributed by atoms with Crippen LogP contribution in [0.4, 0.5) is 30.4 Å². The molecule has 1 heterocycles. The first-order valence-corrected chi connectivity index (χ1v) is 8.02. The third-order valence-electron chi connectivity index (χ3n) is 3.49. The molecule has 0 fully saturated rings. The Labute approximate surface area is 157 Å². The number of amides is 1. The van der Waals surface area contributed by atoms with Crippen molar-refractivity contribution in [1.29, 1.82) is 0 Å². The Hall–Kier alpha value is -3.13. The van der Waals surface area contributed by atoms with Crippen molar-refractivity contribution in [3.63, 3.8) is 0 Å². The van der Waals surface area contributed by atoms with Crippen LogP contribution in [-0.4, -0.2) is 15.9 Å². The number of rotatable bonds is 4. The number of halogens is 4. The van der Waals surface area contributed by atoms with E-state index in [0.717, 1.165) is 12.1 Å². The molecule has 27 heavy (non-hydrogen) atoms. The minimum atomic E-state index is -4.40. The molecule has 0 unspecified atom stereocenters. The van der Waals surface area contributed by atoms with Gasteiger partial charge in [-0.25, -0.2) is 9.97 Å². The van der Waals surface area contributed by atoms with E-state index in [2.05, 4.69) is 20.6 Å². The van der Waals surface area contributed by atoms with Gasteiger partial charge < -0.3 is 10.6 Å². The molecule has 2 N–H and O–H groups in total. The lowest BCUT2D eigenvalue weighted by molar-refractivity contribution is -0.137. The van der Waals surface area contributed by atoms with Gasteiger partial charge in [-0.05, 0) is 48.5 Å². The van der Waals surface area contributed by atoms with Gasteiger partial charge in [-0.1, -0.05) is 11.6 Å². The molecule has 0 radical (unpaired) electrons. The number of hydrogen-bond acceptors (Lipinski definition) is 4. The van der Waals surface area contributed by atoms with Gasteiger partial charge in [0.2, 0.25) is 0 Å². The highest BCUT2D eigenvalue weighted by molar-refractivity contribution is 6.30. The molecule has 0 bridgehead atoms. The lowest BCUT2D eigenvalue weighted by Crippen LogP contribution is -2.14. The van der Waals surface area contributed by atoms with E-state index in [1.54, 1.807) is 24.3 Å². The number of hydrogen-bond donors (Lipinski definition) is 2. The van der Waals surface area contributed by atoms with E-state index >= 15 is 0 Å². The van der Waals surface area contributed by atoms with Crippen LogP contribution in [-0.2, 0) is 6.18 Å². The van der Waals surface area contributed by atoms with E-state index in [4.69, 9.17) is 11.6 Å². The highest BCUT2D eigenvalue weighted by atomic mass is 35.5. The topological polar surface area (TPSA) is 66.9 Å². The molecule has 0 aliphatic carbocycles. The molecule has 0 spiro atoms. The fraction of sp³-hybridized carbons (Fsp3) is 0.0556. The summed E-state index contributed by atoms with van der Waals surface area (Å²) in [7, 11) is 0. The van der Waals surface area contributed by atoms with Crippen LogP contribution >= 0.6 is 11.6 Å². The zero-order valence-electron chi connectivity index (χ0n) is 13.6. The summed E-state index contributed by atoms with van der Waals surface area (Å²) in [5.41, 5.74) is 0.277. The fourth-order valence-corrected chi connectivity index (χ4v) is 2.29. The van der Waals surface area contributed by atoms with Crippen molar-refractivity contribution in [2.75, 3.05) is 10.6 Å². The number of carbonyl (C=O) groups is 1. The summed E-state index contributed by atoms with van der Waals surface area (Å²) in [5, 5.41) is 6.03. The molecular formula is C18H12ClF3N4O. The molecule has 0 atom stereocenters. The smallest absolute Gasteiger partial charge is 0.340 e. The van der Waals surface area contributed by atoms with E-state index in [1.807, 2.05) is 0 Å². The highest BCUT2D eigenvalue weighted by Gasteiger charge is 2.29. The van der Waals surface area contributed by atoms with Crippen molar-refractivity contribution in [2.45, 2.75) is 6.18 Å². The maximum Gasteiger partial charge on any atom is 0.416 e. The average Bonchev–Trinajstić information content (AvgIpc) is 2.63. The number of aromatic nitrogens is 2. The molecule has 2 aromatic carbocycles. The van der Waals surface area contributed by atoms with Gasteiger partial charge in [0, 0.05) is 22.5 Å². The van der Waals surface area contributed by atoms with Crippen LogP contribution in [0.2, 0.25) is 5.02 Å². The predicted molar refractivity (Wildman–Crippen MR) is 96.2 cm³/mol. The van der Waals surface area contributed by atoms with E-state index in [9.17, 15) is 18.0 Å². The van der Waals surface area contributed by atoms with Crippen LogP contribution < -0.4 is 10.6 Å². The molecular weight excluding hydrogens is 381 g/mol.